The van der Waals surface area contributed by atoms with Crippen LogP contribution in [0.3, 0.4) is 0 Å². The lowest BCUT2D eigenvalue weighted by atomic mass is 9.78. The van der Waals surface area contributed by atoms with Crippen LogP contribution in [0.2, 0.25) is 0 Å². The molecule has 1 aliphatic carbocycles. The van der Waals surface area contributed by atoms with Crippen molar-refractivity contribution in [3.8, 4) is 11.5 Å². The van der Waals surface area contributed by atoms with Crippen LogP contribution in [0.1, 0.15) is 51.9 Å². The Hall–Kier alpha value is -7.29. The number of para-hydroxylation sites is 2. The Bertz CT molecular complexity index is 2640. The second kappa shape index (κ2) is 17.1. The molecule has 4 aromatic rings. The third-order valence-corrected chi connectivity index (χ3v) is 12.8. The van der Waals surface area contributed by atoms with Gasteiger partial charge in [-0.3, -0.25) is 24.1 Å². The molecule has 64 heavy (non-hydrogen) atoms. The van der Waals surface area contributed by atoms with Crippen LogP contribution < -0.4 is 34.8 Å². The number of nitrogens with zero attached hydrogens (tertiary/aromatic N) is 3. The molecule has 1 unspecified atom stereocenters. The highest BCUT2D eigenvalue weighted by molar-refractivity contribution is 6.20. The summed E-state index contributed by atoms with van der Waals surface area (Å²) in [7, 11) is 6.33. The first-order valence-electron chi connectivity index (χ1n) is 21.2. The third-order valence-electron chi connectivity index (χ3n) is 12.8. The van der Waals surface area contributed by atoms with E-state index in [4.69, 9.17) is 23.7 Å². The smallest absolute Gasteiger partial charge is 0.305 e. The van der Waals surface area contributed by atoms with Crippen LogP contribution in [0.5, 0.6) is 11.5 Å². The highest BCUT2D eigenvalue weighted by atomic mass is 16.5. The fourth-order valence-corrected chi connectivity index (χ4v) is 9.41. The number of methoxy groups -OCH3 is 3. The van der Waals surface area contributed by atoms with E-state index >= 15 is 0 Å². The molecule has 0 spiro atoms. The molecule has 4 aromatic carbocycles. The number of aldehydes is 1. The molecule has 0 bridgehead atoms. The molecule has 1 fully saturated rings. The Morgan fingerprint density at radius 3 is 2.23 bits per heavy atom. The molecule has 1 saturated heterocycles. The number of fused-ring (bicyclic) bond motifs is 8. The number of esters is 1. The topological polar surface area (TPSA) is 165 Å². The van der Waals surface area contributed by atoms with E-state index in [1.165, 1.54) is 14.2 Å². The Balaban J connectivity index is 0.976. The molecule has 4 aliphatic heterocycles. The summed E-state index contributed by atoms with van der Waals surface area (Å²) in [6, 6.07) is 23.4. The van der Waals surface area contributed by atoms with Gasteiger partial charge in [-0.15, -0.1) is 0 Å². The maximum Gasteiger partial charge on any atom is 0.305 e. The van der Waals surface area contributed by atoms with Gasteiger partial charge in [0.1, 0.15) is 37.3 Å². The third kappa shape index (κ3) is 7.64. The number of rotatable bonds is 14. The van der Waals surface area contributed by atoms with Gasteiger partial charge in [-0.1, -0.05) is 36.4 Å². The van der Waals surface area contributed by atoms with E-state index in [1.807, 2.05) is 83.6 Å². The van der Waals surface area contributed by atoms with Crippen molar-refractivity contribution in [1.29, 1.82) is 0 Å². The molecule has 3 amide bonds. The number of carbonyl (C=O) groups is 5. The summed E-state index contributed by atoms with van der Waals surface area (Å²) in [6.45, 7) is 1.00. The van der Waals surface area contributed by atoms with Crippen LogP contribution in [-0.2, 0) is 59.4 Å². The van der Waals surface area contributed by atoms with Gasteiger partial charge in [0.05, 0.1) is 38.0 Å². The summed E-state index contributed by atoms with van der Waals surface area (Å²) < 4.78 is 29.3. The van der Waals surface area contributed by atoms with Crippen LogP contribution in [0.25, 0.3) is 0 Å². The number of hydrogen-bond donors (Lipinski definition) is 2. The molecule has 0 saturated carbocycles. The van der Waals surface area contributed by atoms with Crippen LogP contribution in [0, 0.1) is 5.41 Å². The van der Waals surface area contributed by atoms with Gasteiger partial charge in [0, 0.05) is 80.7 Å². The van der Waals surface area contributed by atoms with Crippen molar-refractivity contribution >= 4 is 52.7 Å². The predicted molar refractivity (Wildman–Crippen MR) is 237 cm³/mol. The molecule has 9 rings (SSSR count). The summed E-state index contributed by atoms with van der Waals surface area (Å²) >= 11 is 0. The minimum atomic E-state index is -1.08. The largest absolute Gasteiger partial charge is 0.497 e. The van der Waals surface area contributed by atoms with Crippen molar-refractivity contribution in [3.05, 3.63) is 130 Å². The number of allylic oxidation sites excluding steroid dienone is 2. The second-order valence-electron chi connectivity index (χ2n) is 16.7. The van der Waals surface area contributed by atoms with Gasteiger partial charge in [0.15, 0.2) is 17.3 Å². The quantitative estimate of drug-likeness (QED) is 0.119. The monoisotopic (exact) mass is 867 g/mol. The lowest BCUT2D eigenvalue weighted by Gasteiger charge is -2.36. The van der Waals surface area contributed by atoms with Crippen LogP contribution in [0.15, 0.2) is 102 Å². The van der Waals surface area contributed by atoms with E-state index < -0.39 is 17.5 Å². The zero-order valence-electron chi connectivity index (χ0n) is 36.1. The highest BCUT2D eigenvalue weighted by Gasteiger charge is 2.49. The Morgan fingerprint density at radius 1 is 0.828 bits per heavy atom. The maximum atomic E-state index is 14.0. The molecule has 4 heterocycles. The summed E-state index contributed by atoms with van der Waals surface area (Å²) in [5.41, 5.74) is 6.01. The van der Waals surface area contributed by atoms with Gasteiger partial charge >= 0.3 is 5.97 Å². The van der Waals surface area contributed by atoms with Gasteiger partial charge < -0.3 is 48.9 Å². The summed E-state index contributed by atoms with van der Waals surface area (Å²) in [6.07, 6.45) is 4.55. The first-order chi connectivity index (χ1) is 31.0. The van der Waals surface area contributed by atoms with Crippen molar-refractivity contribution in [2.24, 2.45) is 5.41 Å². The first kappa shape index (κ1) is 42.0. The van der Waals surface area contributed by atoms with Crippen molar-refractivity contribution in [2.45, 2.75) is 57.4 Å². The Labute approximate surface area is 370 Å². The zero-order chi connectivity index (χ0) is 44.7. The molecule has 15 heteroatoms. The molecule has 330 valence electrons. The molecular weight excluding hydrogens is 819 g/mol. The van der Waals surface area contributed by atoms with Gasteiger partial charge in [0.25, 0.3) is 5.91 Å². The number of benzene rings is 4. The summed E-state index contributed by atoms with van der Waals surface area (Å²) in [4.78, 5) is 71.9. The van der Waals surface area contributed by atoms with Gasteiger partial charge in [-0.2, -0.15) is 0 Å². The van der Waals surface area contributed by atoms with E-state index in [0.717, 1.165) is 39.9 Å². The number of ether oxygens (including phenoxy) is 5. The standard InChI is InChI=1S/C49H49N5O10/c1-52(15-9-14-45(56)62-4)33-17-29(25-63-41-22-35-34(21-40(41)60-2)48(59)54-37-13-8-6-11-32(37)20-39(54)47(58)50-35)16-30(18-33)26-64-42-23-44-49(28-55,24-43(42)61-3)27-53-36-12-7-5-10-31(36)19-38(53)46(57)51-44/h5-8,10-13,16-18,21-23,28,38-39H,9,14-15,19-20,24-27H2,1-4H3,(H,50,58)(H,51,57)/t38-,39-,49?/m0/s1. The number of nitrogens with one attached hydrogen (secondary N) is 2. The number of anilines is 4. The summed E-state index contributed by atoms with van der Waals surface area (Å²) in [5.74, 6) is 0.414. The zero-order valence-corrected chi connectivity index (χ0v) is 36.1. The number of amides is 3. The molecular formula is C49H49N5O10. The van der Waals surface area contributed by atoms with E-state index in [0.29, 0.717) is 72.4 Å². The van der Waals surface area contributed by atoms with Crippen LogP contribution in [0.4, 0.5) is 22.7 Å². The van der Waals surface area contributed by atoms with Crippen LogP contribution >= 0.6 is 0 Å². The number of hydrogen-bond acceptors (Lipinski definition) is 12. The van der Waals surface area contributed by atoms with Crippen molar-refractivity contribution in [2.75, 3.05) is 61.5 Å². The maximum absolute atomic E-state index is 14.0. The SMILES string of the molecule is COC(=O)CCCN(C)c1cc(COC2=C(OC)CC3(C=O)CN4c5ccccc5C[C@H]4C(=O)NC3=C2)cc(COc2cc3c(cc2OC)C(=O)N2c4ccccc4C[C@H]2C(=O)N3)c1. The lowest BCUT2D eigenvalue weighted by Crippen LogP contribution is -2.43. The van der Waals surface area contributed by atoms with E-state index in [1.54, 1.807) is 30.2 Å². The van der Waals surface area contributed by atoms with E-state index in [9.17, 15) is 24.0 Å². The molecule has 3 atom stereocenters. The van der Waals surface area contributed by atoms with E-state index in [2.05, 4.69) is 10.6 Å². The fourth-order valence-electron chi connectivity index (χ4n) is 9.41. The highest BCUT2D eigenvalue weighted by Crippen LogP contribution is 2.45. The summed E-state index contributed by atoms with van der Waals surface area (Å²) in [5, 5.41) is 6.02. The molecule has 5 aliphatic rings. The molecule has 0 radical (unpaired) electrons. The minimum Gasteiger partial charge on any atom is -0.497 e. The molecule has 0 aromatic heterocycles. The molecule has 15 nitrogen and oxygen atoms in total. The van der Waals surface area contributed by atoms with Crippen LogP contribution in [-0.4, -0.2) is 83.5 Å². The number of carbonyl (C=O) groups excluding carboxylic acids is 5. The minimum absolute atomic E-state index is 0.0702. The average Bonchev–Trinajstić information content (AvgIpc) is 3.83. The van der Waals surface area contributed by atoms with Gasteiger partial charge in [-0.25, -0.2) is 0 Å². The van der Waals surface area contributed by atoms with Crippen molar-refractivity contribution in [1.82, 2.24) is 5.32 Å². The average molecular weight is 868 g/mol. The van der Waals surface area contributed by atoms with Crippen molar-refractivity contribution < 1.29 is 47.7 Å². The fraction of sp³-hybridized carbons (Fsp3) is 0.327. The Morgan fingerprint density at radius 2 is 1.52 bits per heavy atom. The normalized spacial score (nSPS) is 20.4. The predicted octanol–water partition coefficient (Wildman–Crippen LogP) is 5.60. The van der Waals surface area contributed by atoms with Gasteiger partial charge in [0.2, 0.25) is 11.8 Å². The van der Waals surface area contributed by atoms with Gasteiger partial charge in [-0.05, 0) is 65.1 Å². The van der Waals surface area contributed by atoms with E-state index in [-0.39, 0.29) is 55.3 Å². The lowest BCUT2D eigenvalue weighted by molar-refractivity contribution is -0.140. The van der Waals surface area contributed by atoms with Crippen molar-refractivity contribution in [3.63, 3.8) is 0 Å². The second-order valence-corrected chi connectivity index (χ2v) is 16.7. The first-order valence-corrected chi connectivity index (χ1v) is 21.2. The molecule has 2 N–H and O–H groups in total. The Kier molecular flexibility index (Phi) is 11.2.